The molecule has 0 radical (unpaired) electrons. The normalized spacial score (nSPS) is 19.8. The molecule has 7 heteroatoms. The highest BCUT2D eigenvalue weighted by molar-refractivity contribution is 5.76. The summed E-state index contributed by atoms with van der Waals surface area (Å²) in [6, 6.07) is 1.66. The van der Waals surface area contributed by atoms with Crippen LogP contribution in [0.5, 0.6) is 0 Å². The molecule has 0 unspecified atom stereocenters. The van der Waals surface area contributed by atoms with E-state index in [4.69, 9.17) is 9.47 Å². The molecule has 0 aromatic carbocycles. The van der Waals surface area contributed by atoms with Gasteiger partial charge in [0.05, 0.1) is 25.4 Å². The van der Waals surface area contributed by atoms with Crippen molar-refractivity contribution in [1.82, 2.24) is 14.9 Å². The molecule has 1 fully saturated rings. The molecule has 7 nitrogen and oxygen atoms in total. The number of amides is 1. The summed E-state index contributed by atoms with van der Waals surface area (Å²) in [7, 11) is 0. The fourth-order valence-corrected chi connectivity index (χ4v) is 2.93. The Morgan fingerprint density at radius 1 is 1.46 bits per heavy atom. The summed E-state index contributed by atoms with van der Waals surface area (Å²) in [5.74, 6) is -0.122. The Balaban J connectivity index is 1.89. The summed E-state index contributed by atoms with van der Waals surface area (Å²) >= 11 is 0. The molecule has 144 valence electrons. The molecule has 1 saturated heterocycles. The first-order valence-corrected chi connectivity index (χ1v) is 9.04. The van der Waals surface area contributed by atoms with Crippen molar-refractivity contribution in [1.29, 1.82) is 0 Å². The molecule has 2 atom stereocenters. The number of allylic oxidation sites excluding steroid dienone is 1. The average Bonchev–Trinajstić information content (AvgIpc) is 2.55. The van der Waals surface area contributed by atoms with Gasteiger partial charge in [-0.3, -0.25) is 9.36 Å². The SMILES string of the molecule is CC(C)=CCO[C@@H]1CCOC[C@@H]1NC(=O)CCn1c(C)cc(C)nc1=O. The van der Waals surface area contributed by atoms with Gasteiger partial charge in [-0.1, -0.05) is 11.6 Å². The van der Waals surface area contributed by atoms with Crippen LogP contribution in [0.15, 0.2) is 22.5 Å². The Hall–Kier alpha value is -1.99. The van der Waals surface area contributed by atoms with Crippen molar-refractivity contribution in [3.8, 4) is 0 Å². The number of carbonyl (C=O) groups is 1. The van der Waals surface area contributed by atoms with Gasteiger partial charge in [-0.05, 0) is 40.2 Å². The van der Waals surface area contributed by atoms with Gasteiger partial charge in [0.15, 0.2) is 0 Å². The first-order chi connectivity index (χ1) is 12.4. The molecule has 1 aromatic rings. The molecular formula is C19H29N3O4. The molecule has 2 heterocycles. The van der Waals surface area contributed by atoms with Crippen LogP contribution in [0.2, 0.25) is 0 Å². The monoisotopic (exact) mass is 363 g/mol. The maximum Gasteiger partial charge on any atom is 0.347 e. The number of hydrogen-bond donors (Lipinski definition) is 1. The number of carbonyl (C=O) groups excluding carboxylic acids is 1. The predicted molar refractivity (Wildman–Crippen MR) is 99.1 cm³/mol. The lowest BCUT2D eigenvalue weighted by Gasteiger charge is -2.32. The largest absolute Gasteiger partial charge is 0.379 e. The van der Waals surface area contributed by atoms with Gasteiger partial charge in [0.2, 0.25) is 5.91 Å². The number of ether oxygens (including phenoxy) is 2. The van der Waals surface area contributed by atoms with Crippen LogP contribution in [0, 0.1) is 13.8 Å². The summed E-state index contributed by atoms with van der Waals surface area (Å²) in [6.07, 6.45) is 2.92. The van der Waals surface area contributed by atoms with Crippen LogP contribution < -0.4 is 11.0 Å². The average molecular weight is 363 g/mol. The summed E-state index contributed by atoms with van der Waals surface area (Å²) < 4.78 is 12.9. The molecule has 0 aliphatic carbocycles. The highest BCUT2D eigenvalue weighted by atomic mass is 16.5. The van der Waals surface area contributed by atoms with E-state index in [0.29, 0.717) is 32.1 Å². The second kappa shape index (κ2) is 9.64. The minimum atomic E-state index is -0.320. The minimum absolute atomic E-state index is 0.0613. The van der Waals surface area contributed by atoms with Crippen molar-refractivity contribution in [2.75, 3.05) is 19.8 Å². The van der Waals surface area contributed by atoms with E-state index in [1.807, 2.05) is 32.9 Å². The first-order valence-electron chi connectivity index (χ1n) is 9.04. The van der Waals surface area contributed by atoms with Crippen molar-refractivity contribution in [3.63, 3.8) is 0 Å². The molecule has 0 spiro atoms. The highest BCUT2D eigenvalue weighted by Gasteiger charge is 2.27. The predicted octanol–water partition coefficient (Wildman–Crippen LogP) is 1.51. The summed E-state index contributed by atoms with van der Waals surface area (Å²) in [6.45, 7) is 9.59. The Morgan fingerprint density at radius 2 is 2.23 bits per heavy atom. The van der Waals surface area contributed by atoms with E-state index in [1.54, 1.807) is 6.92 Å². The van der Waals surface area contributed by atoms with Crippen LogP contribution in [0.25, 0.3) is 0 Å². The Morgan fingerprint density at radius 3 is 2.92 bits per heavy atom. The maximum atomic E-state index is 12.3. The fraction of sp³-hybridized carbons (Fsp3) is 0.632. The Bertz CT molecular complexity index is 707. The molecule has 0 saturated carbocycles. The second-order valence-electron chi connectivity index (χ2n) is 6.91. The lowest BCUT2D eigenvalue weighted by Crippen LogP contribution is -2.50. The van der Waals surface area contributed by atoms with Gasteiger partial charge in [-0.25, -0.2) is 4.79 Å². The number of aromatic nitrogens is 2. The first kappa shape index (κ1) is 20.3. The zero-order chi connectivity index (χ0) is 19.1. The van der Waals surface area contributed by atoms with Crippen LogP contribution >= 0.6 is 0 Å². The van der Waals surface area contributed by atoms with E-state index in [0.717, 1.165) is 12.1 Å². The molecular weight excluding hydrogens is 334 g/mol. The van der Waals surface area contributed by atoms with Crippen molar-refractivity contribution in [2.24, 2.45) is 0 Å². The molecule has 1 aromatic heterocycles. The van der Waals surface area contributed by atoms with E-state index < -0.39 is 0 Å². The van der Waals surface area contributed by atoms with Crippen molar-refractivity contribution >= 4 is 5.91 Å². The topological polar surface area (TPSA) is 82.4 Å². The van der Waals surface area contributed by atoms with E-state index in [-0.39, 0.29) is 30.2 Å². The van der Waals surface area contributed by atoms with Gasteiger partial charge in [-0.2, -0.15) is 4.98 Å². The Kier molecular flexibility index (Phi) is 7.53. The van der Waals surface area contributed by atoms with Gasteiger partial charge >= 0.3 is 5.69 Å². The number of nitrogens with one attached hydrogen (secondary N) is 1. The van der Waals surface area contributed by atoms with E-state index in [9.17, 15) is 9.59 Å². The van der Waals surface area contributed by atoms with Crippen LogP contribution in [0.4, 0.5) is 0 Å². The molecule has 26 heavy (non-hydrogen) atoms. The third-order valence-electron chi connectivity index (χ3n) is 4.35. The van der Waals surface area contributed by atoms with Gasteiger partial charge in [0.1, 0.15) is 0 Å². The van der Waals surface area contributed by atoms with Gasteiger partial charge in [-0.15, -0.1) is 0 Å². The molecule has 1 aliphatic heterocycles. The number of rotatable bonds is 7. The molecule has 1 aliphatic rings. The summed E-state index contributed by atoms with van der Waals surface area (Å²) in [4.78, 5) is 28.2. The van der Waals surface area contributed by atoms with Gasteiger partial charge in [0.25, 0.3) is 0 Å². The number of aryl methyl sites for hydroxylation is 2. The van der Waals surface area contributed by atoms with Gasteiger partial charge in [0, 0.05) is 31.0 Å². The zero-order valence-corrected chi connectivity index (χ0v) is 16.1. The third kappa shape index (κ3) is 6.07. The smallest absolute Gasteiger partial charge is 0.347 e. The van der Waals surface area contributed by atoms with E-state index in [1.165, 1.54) is 10.1 Å². The standard InChI is InChI=1S/C19H29N3O4/c1-13(2)6-10-26-17-7-9-25-12-16(17)21-18(23)5-8-22-15(4)11-14(3)20-19(22)24/h6,11,16-17H,5,7-10,12H2,1-4H3,(H,21,23)/t16-,17+/m0/s1. The van der Waals surface area contributed by atoms with E-state index >= 15 is 0 Å². The molecule has 1 amide bonds. The van der Waals surface area contributed by atoms with Gasteiger partial charge < -0.3 is 14.8 Å². The number of hydrogen-bond acceptors (Lipinski definition) is 5. The molecule has 0 bridgehead atoms. The lowest BCUT2D eigenvalue weighted by atomic mass is 10.1. The van der Waals surface area contributed by atoms with Crippen LogP contribution in [0.3, 0.4) is 0 Å². The van der Waals surface area contributed by atoms with Crippen LogP contribution in [-0.2, 0) is 20.8 Å². The summed E-state index contributed by atoms with van der Waals surface area (Å²) in [5, 5.41) is 2.98. The second-order valence-corrected chi connectivity index (χ2v) is 6.91. The zero-order valence-electron chi connectivity index (χ0n) is 16.1. The third-order valence-corrected chi connectivity index (χ3v) is 4.35. The minimum Gasteiger partial charge on any atom is -0.379 e. The molecule has 1 N–H and O–H groups in total. The summed E-state index contributed by atoms with van der Waals surface area (Å²) in [5.41, 5.74) is 2.37. The molecule has 2 rings (SSSR count). The van der Waals surface area contributed by atoms with E-state index in [2.05, 4.69) is 10.3 Å². The van der Waals surface area contributed by atoms with Crippen LogP contribution in [0.1, 0.15) is 38.1 Å². The van der Waals surface area contributed by atoms with Crippen molar-refractivity contribution in [2.45, 2.75) is 59.2 Å². The maximum absolute atomic E-state index is 12.3. The van der Waals surface area contributed by atoms with Crippen molar-refractivity contribution in [3.05, 3.63) is 39.6 Å². The highest BCUT2D eigenvalue weighted by Crippen LogP contribution is 2.13. The Labute approximate surface area is 154 Å². The lowest BCUT2D eigenvalue weighted by molar-refractivity contribution is -0.126. The quantitative estimate of drug-likeness (QED) is 0.743. The van der Waals surface area contributed by atoms with Crippen molar-refractivity contribution < 1.29 is 14.3 Å². The van der Waals surface area contributed by atoms with Crippen LogP contribution in [-0.4, -0.2) is 47.4 Å². The fourth-order valence-electron chi connectivity index (χ4n) is 2.93. The number of nitrogens with zero attached hydrogens (tertiary/aromatic N) is 2.